The third-order valence-corrected chi connectivity index (χ3v) is 3.01. The summed E-state index contributed by atoms with van der Waals surface area (Å²) in [4.78, 5) is 11.0. The first kappa shape index (κ1) is 9.74. The molecular formula is C11H13NOS. The van der Waals surface area contributed by atoms with Crippen LogP contribution in [0.15, 0.2) is 30.3 Å². The molecule has 0 aliphatic carbocycles. The minimum Gasteiger partial charge on any atom is -0.306 e. The maximum atomic E-state index is 11.0. The molecule has 74 valence electrons. The lowest BCUT2D eigenvalue weighted by atomic mass is 9.97. The van der Waals surface area contributed by atoms with Crippen LogP contribution in [0.25, 0.3) is 0 Å². The Balaban J connectivity index is 2.06. The monoisotopic (exact) mass is 207 g/mol. The molecule has 0 saturated carbocycles. The fraction of sp³-hybridized carbons (Fsp3) is 0.364. The molecule has 2 rings (SSSR count). The quantitative estimate of drug-likeness (QED) is 0.721. The summed E-state index contributed by atoms with van der Waals surface area (Å²) in [5, 5.41) is 3.13. The number of benzene rings is 1. The van der Waals surface area contributed by atoms with Gasteiger partial charge in [-0.2, -0.15) is 0 Å². The second-order valence-corrected chi connectivity index (χ2v) is 4.08. The second-order valence-electron chi connectivity index (χ2n) is 3.64. The Labute approximate surface area is 89.1 Å². The summed E-state index contributed by atoms with van der Waals surface area (Å²) in [6, 6.07) is 10.2. The first-order chi connectivity index (χ1) is 6.77. The summed E-state index contributed by atoms with van der Waals surface area (Å²) in [7, 11) is 0. The third kappa shape index (κ3) is 1.99. The smallest absolute Gasteiger partial charge is 0.202 e. The highest BCUT2D eigenvalue weighted by Crippen LogP contribution is 2.25. The number of rotatable bonds is 2. The van der Waals surface area contributed by atoms with Gasteiger partial charge in [-0.15, -0.1) is 12.6 Å². The van der Waals surface area contributed by atoms with Crippen molar-refractivity contribution >= 4 is 17.7 Å². The summed E-state index contributed by atoms with van der Waals surface area (Å²) in [5.41, 5.74) is 1.30. The van der Waals surface area contributed by atoms with Crippen molar-refractivity contribution in [3.05, 3.63) is 35.9 Å². The van der Waals surface area contributed by atoms with E-state index in [0.29, 0.717) is 5.92 Å². The molecule has 2 nitrogen and oxygen atoms in total. The number of nitrogens with one attached hydrogen (secondary N) is 1. The molecule has 1 aromatic carbocycles. The minimum atomic E-state index is -0.0662. The molecule has 1 aliphatic rings. The molecular weight excluding hydrogens is 194 g/mol. The zero-order chi connectivity index (χ0) is 9.97. The molecule has 1 heterocycles. The van der Waals surface area contributed by atoms with Gasteiger partial charge in [-0.1, -0.05) is 30.3 Å². The highest BCUT2D eigenvalue weighted by Gasteiger charge is 2.28. The van der Waals surface area contributed by atoms with Gasteiger partial charge < -0.3 is 5.32 Å². The fourth-order valence-corrected chi connectivity index (χ4v) is 2.10. The average Bonchev–Trinajstić information content (AvgIpc) is 2.68. The van der Waals surface area contributed by atoms with Crippen LogP contribution in [0.1, 0.15) is 17.9 Å². The molecule has 0 aromatic heterocycles. The van der Waals surface area contributed by atoms with E-state index in [1.807, 2.05) is 18.2 Å². The standard InChI is InChI=1S/C11H13NOS/c13-11(14)10-6-9(7-12-10)8-4-2-1-3-5-8/h1-5,9-10,12H,6-7H2,(H,13,14)/t9-,10+/m1/s1. The lowest BCUT2D eigenvalue weighted by Crippen LogP contribution is -2.26. The van der Waals surface area contributed by atoms with Crippen LogP contribution in [0.3, 0.4) is 0 Å². The Morgan fingerprint density at radius 2 is 2.07 bits per heavy atom. The van der Waals surface area contributed by atoms with Gasteiger partial charge in [0.05, 0.1) is 6.04 Å². The van der Waals surface area contributed by atoms with Crippen LogP contribution < -0.4 is 5.32 Å². The molecule has 0 bridgehead atoms. The van der Waals surface area contributed by atoms with E-state index in [4.69, 9.17) is 0 Å². The summed E-state index contributed by atoms with van der Waals surface area (Å²) < 4.78 is 0. The second kappa shape index (κ2) is 4.15. The molecule has 1 N–H and O–H groups in total. The first-order valence-corrected chi connectivity index (χ1v) is 5.23. The van der Waals surface area contributed by atoms with E-state index in [1.165, 1.54) is 5.56 Å². The molecule has 1 aliphatic heterocycles. The minimum absolute atomic E-state index is 0.0524. The Hall–Kier alpha value is -0.800. The van der Waals surface area contributed by atoms with Crippen molar-refractivity contribution in [3.8, 4) is 0 Å². The van der Waals surface area contributed by atoms with Crippen LogP contribution in [-0.2, 0) is 4.79 Å². The van der Waals surface area contributed by atoms with Crippen molar-refractivity contribution in [3.63, 3.8) is 0 Å². The van der Waals surface area contributed by atoms with Crippen LogP contribution in [0.2, 0.25) is 0 Å². The van der Waals surface area contributed by atoms with Gasteiger partial charge in [-0.05, 0) is 17.9 Å². The molecule has 14 heavy (non-hydrogen) atoms. The van der Waals surface area contributed by atoms with Gasteiger partial charge in [0, 0.05) is 6.54 Å². The molecule has 0 unspecified atom stereocenters. The molecule has 1 fully saturated rings. The van der Waals surface area contributed by atoms with Gasteiger partial charge in [0.15, 0.2) is 0 Å². The SMILES string of the molecule is O=C(S)[C@@H]1C[C@@H](c2ccccc2)CN1. The van der Waals surface area contributed by atoms with Gasteiger partial charge in [-0.3, -0.25) is 4.79 Å². The summed E-state index contributed by atoms with van der Waals surface area (Å²) in [6.07, 6.45) is 0.867. The van der Waals surface area contributed by atoms with E-state index in [-0.39, 0.29) is 11.2 Å². The van der Waals surface area contributed by atoms with E-state index in [2.05, 4.69) is 30.1 Å². The maximum Gasteiger partial charge on any atom is 0.202 e. The Bertz CT molecular complexity index is 325. The molecule has 0 spiro atoms. The van der Waals surface area contributed by atoms with Gasteiger partial charge in [0.25, 0.3) is 0 Å². The van der Waals surface area contributed by atoms with Crippen LogP contribution in [0.5, 0.6) is 0 Å². The van der Waals surface area contributed by atoms with Gasteiger partial charge in [0.1, 0.15) is 0 Å². The van der Waals surface area contributed by atoms with Crippen LogP contribution in [-0.4, -0.2) is 17.7 Å². The highest BCUT2D eigenvalue weighted by atomic mass is 32.1. The Morgan fingerprint density at radius 3 is 2.64 bits per heavy atom. The van der Waals surface area contributed by atoms with Gasteiger partial charge in [-0.25, -0.2) is 0 Å². The molecule has 1 saturated heterocycles. The van der Waals surface area contributed by atoms with Gasteiger partial charge >= 0.3 is 0 Å². The predicted molar refractivity (Wildman–Crippen MR) is 59.6 cm³/mol. The highest BCUT2D eigenvalue weighted by molar-refractivity contribution is 7.96. The average molecular weight is 207 g/mol. The van der Waals surface area contributed by atoms with Crippen molar-refractivity contribution in [2.75, 3.05) is 6.54 Å². The molecule has 2 atom stereocenters. The van der Waals surface area contributed by atoms with Crippen LogP contribution >= 0.6 is 12.6 Å². The van der Waals surface area contributed by atoms with Crippen molar-refractivity contribution in [1.29, 1.82) is 0 Å². The van der Waals surface area contributed by atoms with E-state index in [0.717, 1.165) is 13.0 Å². The number of thiol groups is 1. The zero-order valence-corrected chi connectivity index (χ0v) is 8.71. The molecule has 0 radical (unpaired) electrons. The van der Waals surface area contributed by atoms with Crippen molar-refractivity contribution in [2.45, 2.75) is 18.4 Å². The predicted octanol–water partition coefficient (Wildman–Crippen LogP) is 1.59. The van der Waals surface area contributed by atoms with Gasteiger partial charge in [0.2, 0.25) is 5.12 Å². The Morgan fingerprint density at radius 1 is 1.36 bits per heavy atom. The lowest BCUT2D eigenvalue weighted by molar-refractivity contribution is -0.112. The summed E-state index contributed by atoms with van der Waals surface area (Å²) >= 11 is 3.84. The number of carbonyl (C=O) groups is 1. The Kier molecular flexibility index (Phi) is 2.89. The number of hydrogen-bond donors (Lipinski definition) is 2. The van der Waals surface area contributed by atoms with E-state index >= 15 is 0 Å². The normalized spacial score (nSPS) is 26.4. The van der Waals surface area contributed by atoms with E-state index in [1.54, 1.807) is 0 Å². The molecule has 0 amide bonds. The first-order valence-electron chi connectivity index (χ1n) is 4.78. The zero-order valence-electron chi connectivity index (χ0n) is 7.81. The van der Waals surface area contributed by atoms with Crippen molar-refractivity contribution < 1.29 is 4.79 Å². The number of carbonyl (C=O) groups excluding carboxylic acids is 1. The summed E-state index contributed by atoms with van der Waals surface area (Å²) in [6.45, 7) is 0.876. The molecule has 1 aromatic rings. The maximum absolute atomic E-state index is 11.0. The van der Waals surface area contributed by atoms with E-state index in [9.17, 15) is 4.79 Å². The van der Waals surface area contributed by atoms with Crippen LogP contribution in [0.4, 0.5) is 0 Å². The van der Waals surface area contributed by atoms with E-state index < -0.39 is 0 Å². The fourth-order valence-electron chi connectivity index (χ4n) is 1.90. The lowest BCUT2D eigenvalue weighted by Gasteiger charge is -2.07. The van der Waals surface area contributed by atoms with Crippen molar-refractivity contribution in [1.82, 2.24) is 5.32 Å². The van der Waals surface area contributed by atoms with Crippen molar-refractivity contribution in [2.24, 2.45) is 0 Å². The largest absolute Gasteiger partial charge is 0.306 e. The van der Waals surface area contributed by atoms with Crippen LogP contribution in [0, 0.1) is 0 Å². The number of hydrogen-bond acceptors (Lipinski definition) is 2. The summed E-state index contributed by atoms with van der Waals surface area (Å²) in [5.74, 6) is 0.456. The third-order valence-electron chi connectivity index (χ3n) is 2.70. The molecule has 3 heteroatoms. The topological polar surface area (TPSA) is 29.1 Å².